The Kier molecular flexibility index (Phi) is 2.83. The van der Waals surface area contributed by atoms with Gasteiger partial charge in [-0.2, -0.15) is 16.6 Å². The smallest absolute Gasteiger partial charge is 0.235 e. The van der Waals surface area contributed by atoms with Gasteiger partial charge in [0.05, 0.1) is 6.07 Å². The molecule has 0 aliphatic heterocycles. The summed E-state index contributed by atoms with van der Waals surface area (Å²) in [5.74, 6) is -1.25. The summed E-state index contributed by atoms with van der Waals surface area (Å²) in [6, 6.07) is 3.76. The van der Waals surface area contributed by atoms with Crippen LogP contribution in [-0.4, -0.2) is 5.91 Å². The lowest BCUT2D eigenvalue weighted by atomic mass is 10.0. The predicted molar refractivity (Wildman–Crippen MR) is 46.3 cm³/mol. The third-order valence-electron chi connectivity index (χ3n) is 1.52. The molecule has 0 fully saturated rings. The van der Waals surface area contributed by atoms with Crippen LogP contribution >= 0.6 is 11.3 Å². The van der Waals surface area contributed by atoms with Gasteiger partial charge in [0.15, 0.2) is 0 Å². The van der Waals surface area contributed by atoms with Gasteiger partial charge in [-0.15, -0.1) is 0 Å². The van der Waals surface area contributed by atoms with Crippen molar-refractivity contribution in [2.75, 3.05) is 0 Å². The first kappa shape index (κ1) is 8.75. The van der Waals surface area contributed by atoms with Crippen LogP contribution in [-0.2, 0) is 11.2 Å². The van der Waals surface area contributed by atoms with Gasteiger partial charge in [0.2, 0.25) is 5.91 Å². The van der Waals surface area contributed by atoms with E-state index in [1.54, 1.807) is 11.3 Å². The molecule has 1 atom stereocenters. The predicted octanol–water partition coefficient (Wildman–Crippen LogP) is 0.916. The summed E-state index contributed by atoms with van der Waals surface area (Å²) in [5.41, 5.74) is 6.00. The van der Waals surface area contributed by atoms with Crippen molar-refractivity contribution in [2.24, 2.45) is 11.7 Å². The Morgan fingerprint density at radius 3 is 3.00 bits per heavy atom. The van der Waals surface area contributed by atoms with Crippen LogP contribution in [0.2, 0.25) is 0 Å². The number of hydrogen-bond acceptors (Lipinski definition) is 3. The maximum atomic E-state index is 10.7. The summed E-state index contributed by atoms with van der Waals surface area (Å²) >= 11 is 1.54. The Morgan fingerprint density at radius 1 is 1.83 bits per heavy atom. The Morgan fingerprint density at radius 2 is 2.58 bits per heavy atom. The van der Waals surface area contributed by atoms with Gasteiger partial charge in [-0.3, -0.25) is 4.79 Å². The Labute approximate surface area is 74.4 Å². The van der Waals surface area contributed by atoms with Gasteiger partial charge in [-0.05, 0) is 28.8 Å². The van der Waals surface area contributed by atoms with Crippen LogP contribution in [0.5, 0.6) is 0 Å². The van der Waals surface area contributed by atoms with E-state index in [-0.39, 0.29) is 0 Å². The van der Waals surface area contributed by atoms with Gasteiger partial charge in [0.1, 0.15) is 5.92 Å². The average Bonchev–Trinajstić information content (AvgIpc) is 2.51. The zero-order chi connectivity index (χ0) is 8.97. The molecule has 12 heavy (non-hydrogen) atoms. The molecule has 0 spiro atoms. The van der Waals surface area contributed by atoms with E-state index in [0.717, 1.165) is 5.56 Å². The molecule has 0 aromatic carbocycles. The quantitative estimate of drug-likeness (QED) is 0.751. The second-order valence-corrected chi connectivity index (χ2v) is 3.20. The van der Waals surface area contributed by atoms with Gasteiger partial charge < -0.3 is 5.73 Å². The van der Waals surface area contributed by atoms with E-state index in [1.807, 2.05) is 22.9 Å². The van der Waals surface area contributed by atoms with Crippen LogP contribution in [0.15, 0.2) is 16.8 Å². The van der Waals surface area contributed by atoms with Gasteiger partial charge in [0.25, 0.3) is 0 Å². The molecule has 0 saturated carbocycles. The fraction of sp³-hybridized carbons (Fsp3) is 0.250. The number of hydrogen-bond donors (Lipinski definition) is 1. The first-order valence-corrected chi connectivity index (χ1v) is 4.38. The molecule has 1 heterocycles. The van der Waals surface area contributed by atoms with Crippen molar-refractivity contribution in [3.63, 3.8) is 0 Å². The summed E-state index contributed by atoms with van der Waals surface area (Å²) in [5, 5.41) is 12.4. The standard InChI is InChI=1S/C8H8N2OS/c9-4-7(8(10)11)3-6-1-2-12-5-6/h1-2,5,7H,3H2,(H2,10,11)/t7-/m0/s1. The highest BCUT2D eigenvalue weighted by molar-refractivity contribution is 7.07. The monoisotopic (exact) mass is 180 g/mol. The molecule has 3 nitrogen and oxygen atoms in total. The van der Waals surface area contributed by atoms with Crippen molar-refractivity contribution < 1.29 is 4.79 Å². The number of thiophene rings is 1. The minimum Gasteiger partial charge on any atom is -0.369 e. The number of nitrogens with zero attached hydrogens (tertiary/aromatic N) is 1. The van der Waals surface area contributed by atoms with Crippen LogP contribution in [0.4, 0.5) is 0 Å². The van der Waals surface area contributed by atoms with E-state index in [1.165, 1.54) is 0 Å². The minimum atomic E-state index is -0.695. The Hall–Kier alpha value is -1.34. The molecule has 4 heteroatoms. The maximum Gasteiger partial charge on any atom is 0.235 e. The van der Waals surface area contributed by atoms with Crippen molar-refractivity contribution in [2.45, 2.75) is 6.42 Å². The minimum absolute atomic E-state index is 0.426. The largest absolute Gasteiger partial charge is 0.369 e. The lowest BCUT2D eigenvalue weighted by Crippen LogP contribution is -2.23. The summed E-state index contributed by atoms with van der Waals surface area (Å²) in [4.78, 5) is 10.7. The summed E-state index contributed by atoms with van der Waals surface area (Å²) in [6.45, 7) is 0. The van der Waals surface area contributed by atoms with Gasteiger partial charge in [-0.25, -0.2) is 0 Å². The fourth-order valence-electron chi connectivity index (χ4n) is 0.854. The molecule has 0 bridgehead atoms. The van der Waals surface area contributed by atoms with Crippen LogP contribution in [0.3, 0.4) is 0 Å². The van der Waals surface area contributed by atoms with Gasteiger partial charge >= 0.3 is 0 Å². The third-order valence-corrected chi connectivity index (χ3v) is 2.25. The number of rotatable bonds is 3. The van der Waals surface area contributed by atoms with Crippen molar-refractivity contribution in [1.82, 2.24) is 0 Å². The van der Waals surface area contributed by atoms with Crippen molar-refractivity contribution in [3.8, 4) is 6.07 Å². The normalized spacial score (nSPS) is 11.9. The number of amides is 1. The lowest BCUT2D eigenvalue weighted by Gasteiger charge is -2.00. The average molecular weight is 180 g/mol. The zero-order valence-electron chi connectivity index (χ0n) is 6.36. The first-order valence-electron chi connectivity index (χ1n) is 3.44. The molecule has 0 aliphatic carbocycles. The highest BCUT2D eigenvalue weighted by Crippen LogP contribution is 2.11. The third kappa shape index (κ3) is 2.07. The van der Waals surface area contributed by atoms with Crippen LogP contribution in [0, 0.1) is 17.2 Å². The van der Waals surface area contributed by atoms with E-state index in [4.69, 9.17) is 11.0 Å². The van der Waals surface area contributed by atoms with Crippen molar-refractivity contribution in [3.05, 3.63) is 22.4 Å². The fourth-order valence-corrected chi connectivity index (χ4v) is 1.54. The molecule has 1 amide bonds. The molecule has 0 saturated heterocycles. The topological polar surface area (TPSA) is 66.9 Å². The molecule has 0 unspecified atom stereocenters. The number of nitrogens with two attached hydrogens (primary N) is 1. The second kappa shape index (κ2) is 3.88. The number of primary amides is 1. The van der Waals surface area contributed by atoms with Gasteiger partial charge in [0, 0.05) is 0 Å². The highest BCUT2D eigenvalue weighted by atomic mass is 32.1. The molecule has 1 aromatic heterocycles. The molecule has 1 rings (SSSR count). The molecule has 1 aromatic rings. The van der Waals surface area contributed by atoms with E-state index in [9.17, 15) is 4.79 Å². The lowest BCUT2D eigenvalue weighted by molar-refractivity contribution is -0.120. The Bertz CT molecular complexity index is 299. The van der Waals surface area contributed by atoms with Crippen LogP contribution < -0.4 is 5.73 Å². The maximum absolute atomic E-state index is 10.7. The summed E-state index contributed by atoms with van der Waals surface area (Å²) in [6.07, 6.45) is 0.426. The number of nitriles is 1. The summed E-state index contributed by atoms with van der Waals surface area (Å²) in [7, 11) is 0. The molecule has 2 N–H and O–H groups in total. The number of carbonyl (C=O) groups excluding carboxylic acids is 1. The van der Waals surface area contributed by atoms with E-state index in [0.29, 0.717) is 6.42 Å². The molecule has 0 aliphatic rings. The van der Waals surface area contributed by atoms with Crippen molar-refractivity contribution in [1.29, 1.82) is 5.26 Å². The van der Waals surface area contributed by atoms with Crippen LogP contribution in [0.1, 0.15) is 5.56 Å². The van der Waals surface area contributed by atoms with E-state index >= 15 is 0 Å². The SMILES string of the molecule is N#C[C@H](Cc1ccsc1)C(N)=O. The second-order valence-electron chi connectivity index (χ2n) is 2.42. The van der Waals surface area contributed by atoms with Crippen LogP contribution in [0.25, 0.3) is 0 Å². The number of carbonyl (C=O) groups is 1. The summed E-state index contributed by atoms with van der Waals surface area (Å²) < 4.78 is 0. The Balaban J connectivity index is 2.62. The van der Waals surface area contributed by atoms with E-state index < -0.39 is 11.8 Å². The first-order chi connectivity index (χ1) is 5.74. The zero-order valence-corrected chi connectivity index (χ0v) is 7.17. The van der Waals surface area contributed by atoms with Gasteiger partial charge in [-0.1, -0.05) is 0 Å². The highest BCUT2D eigenvalue weighted by Gasteiger charge is 2.14. The molecule has 0 radical (unpaired) electrons. The van der Waals surface area contributed by atoms with E-state index in [2.05, 4.69) is 0 Å². The van der Waals surface area contributed by atoms with Crippen molar-refractivity contribution >= 4 is 17.2 Å². The molecular weight excluding hydrogens is 172 g/mol. The molecular formula is C8H8N2OS. The molecule has 62 valence electrons.